The highest BCUT2D eigenvalue weighted by Gasteiger charge is 2.38. The lowest BCUT2D eigenvalue weighted by Gasteiger charge is -2.24. The van der Waals surface area contributed by atoms with Crippen molar-refractivity contribution in [3.05, 3.63) is 78.4 Å². The zero-order valence-electron chi connectivity index (χ0n) is 20.4. The number of ether oxygens (including phenoxy) is 1. The number of hydrogen-bond donors (Lipinski definition) is 2. The maximum Gasteiger partial charge on any atom is 0.490 e. The predicted molar refractivity (Wildman–Crippen MR) is 123 cm³/mol. The van der Waals surface area contributed by atoms with Crippen LogP contribution in [0, 0.1) is 11.7 Å². The van der Waals surface area contributed by atoms with Gasteiger partial charge in [-0.05, 0) is 29.8 Å². The Labute approximate surface area is 222 Å². The van der Waals surface area contributed by atoms with Crippen molar-refractivity contribution < 1.29 is 55.3 Å². The molecule has 4 rings (SSSR count). The second kappa shape index (κ2) is 14.3. The highest BCUT2D eigenvalue weighted by atomic mass is 19.4. The molecule has 9 nitrogen and oxygen atoms in total. The monoisotopic (exact) mass is 580 g/mol. The molecule has 0 spiro atoms. The molecule has 0 bridgehead atoms. The number of carboxylic acids is 2. The minimum absolute atomic E-state index is 0.203. The van der Waals surface area contributed by atoms with E-state index >= 15 is 0 Å². The van der Waals surface area contributed by atoms with E-state index in [1.54, 1.807) is 12.4 Å². The summed E-state index contributed by atoms with van der Waals surface area (Å²) >= 11 is 0. The van der Waals surface area contributed by atoms with Crippen LogP contribution in [-0.2, 0) is 29.2 Å². The quantitative estimate of drug-likeness (QED) is 0.427. The number of imidazole rings is 1. The summed E-state index contributed by atoms with van der Waals surface area (Å²) in [7, 11) is 0. The van der Waals surface area contributed by atoms with Crippen molar-refractivity contribution in [2.24, 2.45) is 5.92 Å². The van der Waals surface area contributed by atoms with Gasteiger partial charge in [0.2, 0.25) is 0 Å². The van der Waals surface area contributed by atoms with Crippen LogP contribution in [0.5, 0.6) is 5.75 Å². The molecule has 0 saturated carbocycles. The summed E-state index contributed by atoms with van der Waals surface area (Å²) in [6.07, 6.45) is -2.90. The SMILES string of the molecule is Fc1ccc(CN2Cc3cncn3CC(COc3cccnc3)C2)cc1.O=C(O)C(F)(F)F.O=C(O)C(F)(F)F. The van der Waals surface area contributed by atoms with Crippen molar-refractivity contribution in [1.82, 2.24) is 19.4 Å². The summed E-state index contributed by atoms with van der Waals surface area (Å²) < 4.78 is 84.8. The Morgan fingerprint density at radius 1 is 0.925 bits per heavy atom. The van der Waals surface area contributed by atoms with E-state index < -0.39 is 24.3 Å². The molecule has 2 aromatic heterocycles. The van der Waals surface area contributed by atoms with Crippen molar-refractivity contribution in [2.75, 3.05) is 13.2 Å². The highest BCUT2D eigenvalue weighted by molar-refractivity contribution is 5.73. The third kappa shape index (κ3) is 11.3. The van der Waals surface area contributed by atoms with Crippen molar-refractivity contribution in [3.8, 4) is 5.75 Å². The average Bonchev–Trinajstić information content (AvgIpc) is 3.23. The number of fused-ring (bicyclic) bond motifs is 1. The summed E-state index contributed by atoms with van der Waals surface area (Å²) in [6.45, 7) is 3.98. The minimum Gasteiger partial charge on any atom is -0.492 e. The number of halogens is 7. The second-order valence-corrected chi connectivity index (χ2v) is 8.31. The first-order valence-corrected chi connectivity index (χ1v) is 11.2. The van der Waals surface area contributed by atoms with Crippen molar-refractivity contribution in [3.63, 3.8) is 0 Å². The molecule has 1 aliphatic heterocycles. The Morgan fingerprint density at radius 3 is 2.05 bits per heavy atom. The van der Waals surface area contributed by atoms with Crippen LogP contribution in [0.4, 0.5) is 30.7 Å². The molecule has 1 aromatic carbocycles. The third-order valence-corrected chi connectivity index (χ3v) is 5.08. The first-order valence-electron chi connectivity index (χ1n) is 11.2. The lowest BCUT2D eigenvalue weighted by Crippen LogP contribution is -2.30. The van der Waals surface area contributed by atoms with Crippen LogP contribution in [0.1, 0.15) is 11.3 Å². The van der Waals surface area contributed by atoms with E-state index in [9.17, 15) is 30.7 Å². The molecule has 0 saturated heterocycles. The van der Waals surface area contributed by atoms with Gasteiger partial charge in [0.05, 0.1) is 24.8 Å². The Bertz CT molecular complexity index is 1190. The first-order chi connectivity index (χ1) is 18.6. The van der Waals surface area contributed by atoms with Gasteiger partial charge in [0.1, 0.15) is 11.6 Å². The summed E-state index contributed by atoms with van der Waals surface area (Å²) in [5.74, 6) is -4.61. The Balaban J connectivity index is 0.000000333. The first kappa shape index (κ1) is 32.0. The van der Waals surface area contributed by atoms with Crippen LogP contribution in [0.2, 0.25) is 0 Å². The van der Waals surface area contributed by atoms with Crippen LogP contribution in [-0.4, -0.2) is 67.1 Å². The van der Waals surface area contributed by atoms with Gasteiger partial charge in [0, 0.05) is 44.5 Å². The maximum absolute atomic E-state index is 13.2. The number of benzene rings is 1. The molecule has 1 aliphatic rings. The van der Waals surface area contributed by atoms with Gasteiger partial charge >= 0.3 is 24.3 Å². The molecular weight excluding hydrogens is 557 g/mol. The fourth-order valence-electron chi connectivity index (χ4n) is 3.36. The van der Waals surface area contributed by atoms with E-state index in [1.807, 2.05) is 36.8 Å². The average molecular weight is 580 g/mol. The number of pyridine rings is 1. The Hall–Kier alpha value is -4.21. The number of aliphatic carboxylic acids is 2. The van der Waals surface area contributed by atoms with Gasteiger partial charge in [-0.3, -0.25) is 9.88 Å². The van der Waals surface area contributed by atoms with Gasteiger partial charge in [-0.1, -0.05) is 12.1 Å². The van der Waals surface area contributed by atoms with Crippen LogP contribution >= 0.6 is 0 Å². The van der Waals surface area contributed by atoms with Gasteiger partial charge in [-0.25, -0.2) is 19.0 Å². The van der Waals surface area contributed by atoms with Gasteiger partial charge in [0.15, 0.2) is 0 Å². The molecule has 40 heavy (non-hydrogen) atoms. The number of carbonyl (C=O) groups is 2. The van der Waals surface area contributed by atoms with E-state index in [-0.39, 0.29) is 5.82 Å². The lowest BCUT2D eigenvalue weighted by atomic mass is 10.1. The number of alkyl halides is 6. The molecule has 3 aromatic rings. The van der Waals surface area contributed by atoms with Crippen LogP contribution < -0.4 is 4.74 Å². The van der Waals surface area contributed by atoms with Crippen molar-refractivity contribution in [2.45, 2.75) is 32.0 Å². The van der Waals surface area contributed by atoms with E-state index in [2.05, 4.69) is 19.4 Å². The maximum atomic E-state index is 13.2. The molecule has 0 radical (unpaired) electrons. The summed E-state index contributed by atoms with van der Waals surface area (Å²) in [6, 6.07) is 10.5. The molecule has 1 unspecified atom stereocenters. The molecule has 0 fully saturated rings. The smallest absolute Gasteiger partial charge is 0.490 e. The van der Waals surface area contributed by atoms with Crippen molar-refractivity contribution in [1.29, 1.82) is 0 Å². The highest BCUT2D eigenvalue weighted by Crippen LogP contribution is 2.20. The second-order valence-electron chi connectivity index (χ2n) is 8.31. The normalized spacial score (nSPS) is 15.3. The van der Waals surface area contributed by atoms with Crippen LogP contribution in [0.15, 0.2) is 61.3 Å². The standard InChI is InChI=1S/C20H21FN4O.2C2HF3O2/c21-18-5-3-16(4-6-18)10-24-11-17(12-25-15-23-8-19(25)13-24)14-26-20-2-1-7-22-9-20;2*3-2(4,5)1(6)7/h1-9,15,17H,10-14H2;2*(H,6,7). The van der Waals surface area contributed by atoms with E-state index in [0.717, 1.165) is 37.5 Å². The zero-order chi connectivity index (χ0) is 29.9. The topological polar surface area (TPSA) is 118 Å². The fourth-order valence-corrected chi connectivity index (χ4v) is 3.36. The van der Waals surface area contributed by atoms with E-state index in [0.29, 0.717) is 12.5 Å². The number of hydrogen-bond acceptors (Lipinski definition) is 6. The van der Waals surface area contributed by atoms with Crippen LogP contribution in [0.25, 0.3) is 0 Å². The summed E-state index contributed by atoms with van der Waals surface area (Å²) in [4.78, 5) is 28.5. The number of carboxylic acid groups (broad SMARTS) is 2. The summed E-state index contributed by atoms with van der Waals surface area (Å²) in [5.41, 5.74) is 2.29. The van der Waals surface area contributed by atoms with Gasteiger partial charge in [-0.2, -0.15) is 26.3 Å². The fraction of sp³-hybridized carbons (Fsp3) is 0.333. The Morgan fingerprint density at radius 2 is 1.52 bits per heavy atom. The number of aromatic nitrogens is 3. The molecule has 3 heterocycles. The molecule has 0 aliphatic carbocycles. The Kier molecular flexibility index (Phi) is 11.4. The predicted octanol–water partition coefficient (Wildman–Crippen LogP) is 4.39. The van der Waals surface area contributed by atoms with Gasteiger partial charge < -0.3 is 19.5 Å². The zero-order valence-corrected chi connectivity index (χ0v) is 20.4. The molecular formula is C24H23F7N4O5. The lowest BCUT2D eigenvalue weighted by molar-refractivity contribution is -0.193. The van der Waals surface area contributed by atoms with Crippen molar-refractivity contribution >= 4 is 11.9 Å². The van der Waals surface area contributed by atoms with E-state index in [4.69, 9.17) is 24.5 Å². The minimum atomic E-state index is -5.08. The molecule has 218 valence electrons. The summed E-state index contributed by atoms with van der Waals surface area (Å²) in [5, 5.41) is 14.2. The molecule has 2 N–H and O–H groups in total. The molecule has 0 amide bonds. The number of nitrogens with zero attached hydrogens (tertiary/aromatic N) is 4. The molecule has 1 atom stereocenters. The largest absolute Gasteiger partial charge is 0.492 e. The van der Waals surface area contributed by atoms with Gasteiger partial charge in [0.25, 0.3) is 0 Å². The van der Waals surface area contributed by atoms with Gasteiger partial charge in [-0.15, -0.1) is 0 Å². The third-order valence-electron chi connectivity index (χ3n) is 5.08. The van der Waals surface area contributed by atoms with Crippen LogP contribution in [0.3, 0.4) is 0 Å². The van der Waals surface area contributed by atoms with E-state index in [1.165, 1.54) is 17.8 Å². The number of rotatable bonds is 5. The molecule has 16 heteroatoms.